The Labute approximate surface area is 122 Å². The van der Waals surface area contributed by atoms with Gasteiger partial charge in [-0.2, -0.15) is 0 Å². The van der Waals surface area contributed by atoms with E-state index in [0.29, 0.717) is 6.42 Å². The monoisotopic (exact) mass is 271 g/mol. The first kappa shape index (κ1) is 15.1. The molecule has 1 aromatic carbocycles. The van der Waals surface area contributed by atoms with Crippen molar-refractivity contribution in [2.45, 2.75) is 51.3 Å². The van der Waals surface area contributed by atoms with Gasteiger partial charge in [0.05, 0.1) is 11.1 Å². The summed E-state index contributed by atoms with van der Waals surface area (Å²) in [5, 5.41) is 11.2. The molecule has 1 fully saturated rings. The minimum atomic E-state index is -0.762. The van der Waals surface area contributed by atoms with Gasteiger partial charge in [-0.25, -0.2) is 0 Å². The summed E-state index contributed by atoms with van der Waals surface area (Å²) in [5.74, 6) is 3.02. The number of benzene rings is 1. The molecule has 3 unspecified atom stereocenters. The van der Waals surface area contributed by atoms with Gasteiger partial charge in [-0.05, 0) is 32.8 Å². The number of hydrogen-bond donors (Lipinski definition) is 1. The number of nitrogens with zero attached hydrogens (tertiary/aromatic N) is 1. The number of aliphatic hydroxyl groups is 1. The third kappa shape index (κ3) is 2.49. The molecule has 1 N–H and O–H groups in total. The lowest BCUT2D eigenvalue weighted by atomic mass is 9.73. The Balaban J connectivity index is 2.29. The van der Waals surface area contributed by atoms with Gasteiger partial charge in [-0.3, -0.25) is 4.90 Å². The maximum absolute atomic E-state index is 11.2. The van der Waals surface area contributed by atoms with Crippen LogP contribution >= 0.6 is 0 Å². The van der Waals surface area contributed by atoms with Crippen LogP contribution in [0.2, 0.25) is 0 Å². The quantitative estimate of drug-likeness (QED) is 0.836. The van der Waals surface area contributed by atoms with Crippen molar-refractivity contribution in [2.75, 3.05) is 6.54 Å². The molecule has 1 heterocycles. The molecule has 2 nitrogen and oxygen atoms in total. The fourth-order valence-corrected chi connectivity index (χ4v) is 3.38. The van der Waals surface area contributed by atoms with E-state index in [1.165, 1.54) is 0 Å². The van der Waals surface area contributed by atoms with E-state index in [0.717, 1.165) is 12.1 Å². The van der Waals surface area contributed by atoms with Crippen LogP contribution < -0.4 is 0 Å². The predicted octanol–water partition coefficient (Wildman–Crippen LogP) is 3.02. The van der Waals surface area contributed by atoms with Crippen molar-refractivity contribution >= 4 is 0 Å². The van der Waals surface area contributed by atoms with Crippen molar-refractivity contribution in [1.82, 2.24) is 4.90 Å². The fraction of sp³-hybridized carbons (Fsp3) is 0.556. The second-order valence-electron chi connectivity index (χ2n) is 6.60. The second kappa shape index (κ2) is 5.24. The first-order chi connectivity index (χ1) is 9.31. The van der Waals surface area contributed by atoms with Gasteiger partial charge < -0.3 is 5.11 Å². The molecular weight excluding hydrogens is 246 g/mol. The van der Waals surface area contributed by atoms with Crippen LogP contribution in [0.5, 0.6) is 0 Å². The minimum Gasteiger partial charge on any atom is -0.385 e. The Kier molecular flexibility index (Phi) is 3.95. The average molecular weight is 271 g/mol. The Morgan fingerprint density at radius 2 is 1.90 bits per heavy atom. The molecule has 1 aliphatic heterocycles. The zero-order valence-electron chi connectivity index (χ0n) is 12.9. The first-order valence-electron chi connectivity index (χ1n) is 7.33. The highest BCUT2D eigenvalue weighted by molar-refractivity contribution is 5.25. The maximum atomic E-state index is 11.2. The van der Waals surface area contributed by atoms with Crippen LogP contribution in [0.15, 0.2) is 30.3 Å². The molecule has 3 atom stereocenters. The summed E-state index contributed by atoms with van der Waals surface area (Å²) in [7, 11) is 0. The summed E-state index contributed by atoms with van der Waals surface area (Å²) < 4.78 is 0. The highest BCUT2D eigenvalue weighted by atomic mass is 16.3. The van der Waals surface area contributed by atoms with Crippen LogP contribution in [0.4, 0.5) is 0 Å². The summed E-state index contributed by atoms with van der Waals surface area (Å²) in [6, 6.07) is 10.3. The van der Waals surface area contributed by atoms with Crippen molar-refractivity contribution in [3.8, 4) is 12.3 Å². The van der Waals surface area contributed by atoms with Crippen molar-refractivity contribution < 1.29 is 5.11 Å². The third-order valence-electron chi connectivity index (χ3n) is 4.77. The molecular formula is C18H25NO. The lowest BCUT2D eigenvalue weighted by molar-refractivity contribution is -0.105. The van der Waals surface area contributed by atoms with Crippen LogP contribution in [-0.4, -0.2) is 28.1 Å². The Morgan fingerprint density at radius 3 is 2.45 bits per heavy atom. The molecule has 2 heteroatoms. The molecule has 0 bridgehead atoms. The highest BCUT2D eigenvalue weighted by Crippen LogP contribution is 2.41. The molecule has 1 aliphatic rings. The molecule has 1 saturated heterocycles. The second-order valence-corrected chi connectivity index (χ2v) is 6.60. The Bertz CT molecular complexity index is 502. The zero-order valence-corrected chi connectivity index (χ0v) is 12.9. The molecule has 0 aliphatic carbocycles. The lowest BCUT2D eigenvalue weighted by Gasteiger charge is -2.51. The van der Waals surface area contributed by atoms with Crippen LogP contribution in [-0.2, 0) is 5.60 Å². The van der Waals surface area contributed by atoms with Gasteiger partial charge in [0.2, 0.25) is 0 Å². The van der Waals surface area contributed by atoms with E-state index in [-0.39, 0.29) is 17.5 Å². The summed E-state index contributed by atoms with van der Waals surface area (Å²) in [4.78, 5) is 2.33. The van der Waals surface area contributed by atoms with Crippen molar-refractivity contribution in [3.63, 3.8) is 0 Å². The number of hydrogen-bond acceptors (Lipinski definition) is 2. The van der Waals surface area contributed by atoms with Crippen molar-refractivity contribution in [2.24, 2.45) is 5.92 Å². The van der Waals surface area contributed by atoms with E-state index in [2.05, 4.69) is 38.5 Å². The molecule has 20 heavy (non-hydrogen) atoms. The highest BCUT2D eigenvalue weighted by Gasteiger charge is 2.46. The molecule has 2 rings (SSSR count). The third-order valence-corrected chi connectivity index (χ3v) is 4.77. The van der Waals surface area contributed by atoms with Crippen molar-refractivity contribution in [1.29, 1.82) is 0 Å². The van der Waals surface area contributed by atoms with Crippen molar-refractivity contribution in [3.05, 3.63) is 35.9 Å². The number of terminal acetylenes is 1. The van der Waals surface area contributed by atoms with Crippen LogP contribution in [0.3, 0.4) is 0 Å². The smallest absolute Gasteiger partial charge is 0.0948 e. The fourth-order valence-electron chi connectivity index (χ4n) is 3.38. The van der Waals surface area contributed by atoms with Gasteiger partial charge in [0, 0.05) is 18.5 Å². The number of piperidine rings is 1. The van der Waals surface area contributed by atoms with Crippen LogP contribution in [0, 0.1) is 18.3 Å². The first-order valence-corrected chi connectivity index (χ1v) is 7.33. The molecule has 0 spiro atoms. The number of rotatable bonds is 2. The SMILES string of the molecule is C#CC(C)(C)N1CC(C)C(O)(c2ccccc2)CC1C. The predicted molar refractivity (Wildman–Crippen MR) is 83.2 cm³/mol. The molecule has 0 aromatic heterocycles. The van der Waals surface area contributed by atoms with E-state index < -0.39 is 5.60 Å². The Morgan fingerprint density at radius 1 is 1.30 bits per heavy atom. The van der Waals surface area contributed by atoms with E-state index in [1.54, 1.807) is 0 Å². The summed E-state index contributed by atoms with van der Waals surface area (Å²) in [6.07, 6.45) is 6.38. The molecule has 0 amide bonds. The maximum Gasteiger partial charge on any atom is 0.0948 e. The normalized spacial score (nSPS) is 31.8. The average Bonchev–Trinajstić information content (AvgIpc) is 2.43. The molecule has 0 radical (unpaired) electrons. The van der Waals surface area contributed by atoms with E-state index in [1.807, 2.05) is 30.3 Å². The zero-order chi connectivity index (χ0) is 15.0. The Hall–Kier alpha value is -1.30. The van der Waals surface area contributed by atoms with E-state index in [9.17, 15) is 5.11 Å². The molecule has 0 saturated carbocycles. The topological polar surface area (TPSA) is 23.5 Å². The summed E-state index contributed by atoms with van der Waals surface area (Å²) in [5.41, 5.74) is -0.0226. The van der Waals surface area contributed by atoms with Gasteiger partial charge in [0.25, 0.3) is 0 Å². The van der Waals surface area contributed by atoms with E-state index in [4.69, 9.17) is 6.42 Å². The minimum absolute atomic E-state index is 0.147. The standard InChI is InChI=1S/C18H25NO/c1-6-17(4,5)19-13-14(2)18(20,12-15(19)3)16-10-8-7-9-11-16/h1,7-11,14-15,20H,12-13H2,2-5H3. The van der Waals surface area contributed by atoms with Crippen LogP contribution in [0.1, 0.15) is 39.7 Å². The van der Waals surface area contributed by atoms with Crippen LogP contribution in [0.25, 0.3) is 0 Å². The molecule has 108 valence electrons. The van der Waals surface area contributed by atoms with Gasteiger partial charge in [-0.15, -0.1) is 6.42 Å². The number of likely N-dealkylation sites (tertiary alicyclic amines) is 1. The summed E-state index contributed by atoms with van der Waals surface area (Å²) >= 11 is 0. The van der Waals surface area contributed by atoms with Gasteiger partial charge in [0.1, 0.15) is 0 Å². The van der Waals surface area contributed by atoms with Gasteiger partial charge in [-0.1, -0.05) is 43.2 Å². The van der Waals surface area contributed by atoms with E-state index >= 15 is 0 Å². The largest absolute Gasteiger partial charge is 0.385 e. The van der Waals surface area contributed by atoms with Gasteiger partial charge in [0.15, 0.2) is 0 Å². The van der Waals surface area contributed by atoms with Gasteiger partial charge >= 0.3 is 0 Å². The molecule has 1 aromatic rings. The summed E-state index contributed by atoms with van der Waals surface area (Å²) in [6.45, 7) is 9.22. The lowest BCUT2D eigenvalue weighted by Crippen LogP contribution is -2.59.